The average molecular weight is 399 g/mol. The Balaban J connectivity index is 1.69. The van der Waals surface area contributed by atoms with Crippen LogP contribution in [0.2, 0.25) is 0 Å². The molecule has 4 rings (SSSR count). The number of hydrogen-bond donors (Lipinski definition) is 0. The lowest BCUT2D eigenvalue weighted by Crippen LogP contribution is -2.40. The van der Waals surface area contributed by atoms with E-state index in [2.05, 4.69) is 10.2 Å². The van der Waals surface area contributed by atoms with E-state index in [0.29, 0.717) is 12.4 Å². The van der Waals surface area contributed by atoms with E-state index < -0.39 is 6.04 Å². The van der Waals surface area contributed by atoms with Crippen LogP contribution < -0.4 is 10.5 Å². The Labute approximate surface area is 173 Å². The molecule has 0 N–H and O–H groups in total. The number of hydrogen-bond acceptors (Lipinski definition) is 4. The van der Waals surface area contributed by atoms with Crippen LogP contribution in [0.15, 0.2) is 96.1 Å². The minimum Gasteiger partial charge on any atom is -0.306 e. The van der Waals surface area contributed by atoms with Gasteiger partial charge in [-0.3, -0.25) is 9.59 Å². The van der Waals surface area contributed by atoms with E-state index >= 15 is 0 Å². The molecule has 0 saturated carbocycles. The van der Waals surface area contributed by atoms with Crippen molar-refractivity contribution in [2.75, 3.05) is 4.90 Å². The molecule has 2 heterocycles. The molecular formula is C23H21N5O2. The molecule has 0 aliphatic carbocycles. The molecule has 0 aliphatic rings. The number of rotatable bonds is 6. The van der Waals surface area contributed by atoms with Crippen LogP contribution >= 0.6 is 0 Å². The van der Waals surface area contributed by atoms with Gasteiger partial charge in [0, 0.05) is 24.1 Å². The lowest BCUT2D eigenvalue weighted by molar-refractivity contribution is -0.121. The number of nitrogens with zero attached hydrogens (tertiary/aromatic N) is 5. The highest BCUT2D eigenvalue weighted by Gasteiger charge is 2.25. The van der Waals surface area contributed by atoms with Gasteiger partial charge in [-0.15, -0.1) is 5.10 Å². The third kappa shape index (κ3) is 4.05. The van der Waals surface area contributed by atoms with Gasteiger partial charge in [-0.25, -0.2) is 9.36 Å². The molecular weight excluding hydrogens is 378 g/mol. The molecule has 0 radical (unpaired) electrons. The van der Waals surface area contributed by atoms with Crippen molar-refractivity contribution in [1.29, 1.82) is 0 Å². The highest BCUT2D eigenvalue weighted by Crippen LogP contribution is 2.21. The van der Waals surface area contributed by atoms with Gasteiger partial charge in [0.15, 0.2) is 5.82 Å². The summed E-state index contributed by atoms with van der Waals surface area (Å²) in [5.74, 6) is 0.242. The molecule has 0 bridgehead atoms. The second kappa shape index (κ2) is 8.57. The molecule has 0 saturated heterocycles. The molecule has 1 unspecified atom stereocenters. The summed E-state index contributed by atoms with van der Waals surface area (Å²) in [7, 11) is 0. The lowest BCUT2D eigenvalue weighted by Gasteiger charge is -2.26. The van der Waals surface area contributed by atoms with Gasteiger partial charge in [0.05, 0.1) is 6.54 Å². The number of aromatic nitrogens is 4. The van der Waals surface area contributed by atoms with Crippen LogP contribution in [0.3, 0.4) is 0 Å². The topological polar surface area (TPSA) is 73.0 Å². The quantitative estimate of drug-likeness (QED) is 0.499. The molecule has 2 aromatic heterocycles. The summed E-state index contributed by atoms with van der Waals surface area (Å²) in [5, 5.41) is 8.52. The van der Waals surface area contributed by atoms with Gasteiger partial charge in [0.1, 0.15) is 6.04 Å². The van der Waals surface area contributed by atoms with Crippen molar-refractivity contribution in [3.63, 3.8) is 0 Å². The maximum atomic E-state index is 13.5. The van der Waals surface area contributed by atoms with Crippen LogP contribution in [0.25, 0.3) is 5.82 Å². The maximum absolute atomic E-state index is 13.5. The zero-order valence-electron chi connectivity index (χ0n) is 16.5. The van der Waals surface area contributed by atoms with E-state index in [1.807, 2.05) is 60.7 Å². The first kappa shape index (κ1) is 19.3. The minimum absolute atomic E-state index is 0.225. The summed E-state index contributed by atoms with van der Waals surface area (Å²) in [4.78, 5) is 27.7. The van der Waals surface area contributed by atoms with Crippen molar-refractivity contribution >= 4 is 11.6 Å². The Hall–Kier alpha value is -4.00. The van der Waals surface area contributed by atoms with Crippen molar-refractivity contribution < 1.29 is 4.79 Å². The largest absolute Gasteiger partial charge is 0.306 e. The van der Waals surface area contributed by atoms with Crippen molar-refractivity contribution in [3.05, 3.63) is 107 Å². The Morgan fingerprint density at radius 1 is 0.967 bits per heavy atom. The molecule has 1 amide bonds. The molecule has 0 aliphatic heterocycles. The second-order valence-corrected chi connectivity index (χ2v) is 6.85. The Morgan fingerprint density at radius 2 is 1.67 bits per heavy atom. The number of benzene rings is 2. The number of carbonyl (C=O) groups excluding carboxylic acids is 1. The number of carbonyl (C=O) groups is 1. The molecule has 7 heteroatoms. The van der Waals surface area contributed by atoms with E-state index in [9.17, 15) is 9.59 Å². The standard InChI is InChI=1S/C23H21N5O2/c1-18(28-22(29)14-13-21(25-28)27-16-8-15-24-27)23(30)26(20-11-6-3-7-12-20)17-19-9-4-2-5-10-19/h2-16,18H,17H2,1H3. The summed E-state index contributed by atoms with van der Waals surface area (Å²) in [5.41, 5.74) is 1.40. The van der Waals surface area contributed by atoms with Crippen molar-refractivity contribution in [1.82, 2.24) is 19.6 Å². The van der Waals surface area contributed by atoms with Gasteiger partial charge < -0.3 is 4.90 Å². The molecule has 30 heavy (non-hydrogen) atoms. The van der Waals surface area contributed by atoms with Crippen molar-refractivity contribution in [2.45, 2.75) is 19.5 Å². The number of amides is 1. The van der Waals surface area contributed by atoms with E-state index in [-0.39, 0.29) is 11.5 Å². The van der Waals surface area contributed by atoms with Gasteiger partial charge in [0.2, 0.25) is 0 Å². The lowest BCUT2D eigenvalue weighted by atomic mass is 10.1. The van der Waals surface area contributed by atoms with Gasteiger partial charge in [-0.1, -0.05) is 48.5 Å². The minimum atomic E-state index is -0.795. The van der Waals surface area contributed by atoms with Crippen LogP contribution in [0.1, 0.15) is 18.5 Å². The predicted molar refractivity (Wildman–Crippen MR) is 114 cm³/mol. The van der Waals surface area contributed by atoms with Crippen LogP contribution in [-0.4, -0.2) is 25.5 Å². The first-order valence-electron chi connectivity index (χ1n) is 9.64. The number of anilines is 1. The van der Waals surface area contributed by atoms with Gasteiger partial charge in [-0.2, -0.15) is 5.10 Å². The Bertz CT molecular complexity index is 1170. The smallest absolute Gasteiger partial charge is 0.267 e. The van der Waals surface area contributed by atoms with Crippen LogP contribution in [0.4, 0.5) is 5.69 Å². The third-order valence-electron chi connectivity index (χ3n) is 4.79. The van der Waals surface area contributed by atoms with Crippen molar-refractivity contribution in [2.24, 2.45) is 0 Å². The molecule has 0 fully saturated rings. The predicted octanol–water partition coefficient (Wildman–Crippen LogP) is 3.22. The van der Waals surface area contributed by atoms with Crippen LogP contribution in [0, 0.1) is 0 Å². The van der Waals surface area contributed by atoms with Gasteiger partial charge in [0.25, 0.3) is 11.5 Å². The normalized spacial score (nSPS) is 11.8. The maximum Gasteiger partial charge on any atom is 0.267 e. The second-order valence-electron chi connectivity index (χ2n) is 6.85. The third-order valence-corrected chi connectivity index (χ3v) is 4.79. The summed E-state index contributed by atoms with van der Waals surface area (Å²) in [6.07, 6.45) is 3.36. The van der Waals surface area contributed by atoms with E-state index in [4.69, 9.17) is 0 Å². The molecule has 7 nitrogen and oxygen atoms in total. The fourth-order valence-corrected chi connectivity index (χ4v) is 3.22. The summed E-state index contributed by atoms with van der Waals surface area (Å²) < 4.78 is 2.76. The first-order chi connectivity index (χ1) is 14.6. The molecule has 4 aromatic rings. The van der Waals surface area contributed by atoms with E-state index in [1.165, 1.54) is 10.7 Å². The van der Waals surface area contributed by atoms with Crippen LogP contribution in [0.5, 0.6) is 0 Å². The molecule has 150 valence electrons. The monoisotopic (exact) mass is 399 g/mol. The average Bonchev–Trinajstić information content (AvgIpc) is 3.33. The summed E-state index contributed by atoms with van der Waals surface area (Å²) >= 11 is 0. The van der Waals surface area contributed by atoms with E-state index in [0.717, 1.165) is 11.3 Å². The Morgan fingerprint density at radius 3 is 2.33 bits per heavy atom. The zero-order chi connectivity index (χ0) is 20.9. The zero-order valence-corrected chi connectivity index (χ0v) is 16.5. The molecule has 1 atom stereocenters. The summed E-state index contributed by atoms with van der Waals surface area (Å²) in [6, 6.07) is 23.1. The first-order valence-corrected chi connectivity index (χ1v) is 9.64. The van der Waals surface area contributed by atoms with Crippen LogP contribution in [-0.2, 0) is 11.3 Å². The number of para-hydroxylation sites is 1. The SMILES string of the molecule is CC(C(=O)N(Cc1ccccc1)c1ccccc1)n1nc(-n2cccn2)ccc1=O. The van der Waals surface area contributed by atoms with Gasteiger partial charge >= 0.3 is 0 Å². The fourth-order valence-electron chi connectivity index (χ4n) is 3.22. The van der Waals surface area contributed by atoms with Crippen molar-refractivity contribution in [3.8, 4) is 5.82 Å². The summed E-state index contributed by atoms with van der Waals surface area (Å²) in [6.45, 7) is 2.08. The van der Waals surface area contributed by atoms with E-state index in [1.54, 1.807) is 41.0 Å². The Kier molecular flexibility index (Phi) is 5.52. The highest BCUT2D eigenvalue weighted by atomic mass is 16.2. The highest BCUT2D eigenvalue weighted by molar-refractivity contribution is 5.95. The molecule has 2 aromatic carbocycles. The molecule has 0 spiro atoms. The van der Waals surface area contributed by atoms with Gasteiger partial charge in [-0.05, 0) is 36.8 Å². The fraction of sp³-hybridized carbons (Fsp3) is 0.130.